The molecule has 7 nitrogen and oxygen atoms in total. The van der Waals surface area contributed by atoms with Crippen LogP contribution in [0.5, 0.6) is 0 Å². The second kappa shape index (κ2) is 6.94. The number of amides is 1. The lowest BCUT2D eigenvalue weighted by atomic mass is 9.95. The van der Waals surface area contributed by atoms with Gasteiger partial charge in [-0.1, -0.05) is 30.3 Å². The molecule has 23 heavy (non-hydrogen) atoms. The molecule has 2 N–H and O–H groups in total. The largest absolute Gasteiger partial charge is 0.388 e. The number of aliphatic hydroxyl groups excluding tert-OH is 1. The number of aliphatic hydroxyl groups is 1. The van der Waals surface area contributed by atoms with E-state index in [-0.39, 0.29) is 12.5 Å². The van der Waals surface area contributed by atoms with Gasteiger partial charge in [0.15, 0.2) is 12.6 Å². The molecule has 0 aromatic heterocycles. The average molecular weight is 323 g/mol. The summed E-state index contributed by atoms with van der Waals surface area (Å²) in [6.07, 6.45) is -3.36. The van der Waals surface area contributed by atoms with Gasteiger partial charge in [-0.3, -0.25) is 4.79 Å². The molecule has 7 heteroatoms. The summed E-state index contributed by atoms with van der Waals surface area (Å²) >= 11 is 0. The first-order valence-electron chi connectivity index (χ1n) is 7.55. The first kappa shape index (κ1) is 16.4. The van der Waals surface area contributed by atoms with Crippen molar-refractivity contribution in [3.05, 3.63) is 35.9 Å². The Balaban J connectivity index is 1.76. The highest BCUT2D eigenvalue weighted by atomic mass is 16.7. The van der Waals surface area contributed by atoms with Gasteiger partial charge in [0.05, 0.1) is 6.61 Å². The number of hydrogen-bond donors (Lipinski definition) is 2. The zero-order valence-electron chi connectivity index (χ0n) is 13.0. The first-order chi connectivity index (χ1) is 11.1. The van der Waals surface area contributed by atoms with Crippen molar-refractivity contribution >= 4 is 5.91 Å². The maximum absolute atomic E-state index is 11.4. The van der Waals surface area contributed by atoms with Crippen LogP contribution in [0.1, 0.15) is 18.8 Å². The van der Waals surface area contributed by atoms with E-state index in [0.29, 0.717) is 0 Å². The second-order valence-electron chi connectivity index (χ2n) is 5.67. The van der Waals surface area contributed by atoms with Crippen LogP contribution in [0.4, 0.5) is 0 Å². The third kappa shape index (κ3) is 3.39. The third-order valence-electron chi connectivity index (χ3n) is 4.04. The van der Waals surface area contributed by atoms with Crippen molar-refractivity contribution in [2.75, 3.05) is 13.7 Å². The van der Waals surface area contributed by atoms with Crippen molar-refractivity contribution < 1.29 is 28.8 Å². The van der Waals surface area contributed by atoms with Crippen LogP contribution in [-0.2, 0) is 23.7 Å². The number of carbonyl (C=O) groups is 1. The Hall–Kier alpha value is -1.51. The van der Waals surface area contributed by atoms with Gasteiger partial charge in [-0.05, 0) is 0 Å². The molecule has 0 radical (unpaired) electrons. The number of ether oxygens (including phenoxy) is 4. The SMILES string of the molecule is COC1OC2COC(c3ccccc3)O[C@H]2C(O)[C@@H]1NC(C)=O. The van der Waals surface area contributed by atoms with Gasteiger partial charge in [-0.25, -0.2) is 0 Å². The summed E-state index contributed by atoms with van der Waals surface area (Å²) in [5.74, 6) is -0.273. The molecule has 1 amide bonds. The highest BCUT2D eigenvalue weighted by Crippen LogP contribution is 2.34. The molecule has 1 aromatic rings. The highest BCUT2D eigenvalue weighted by molar-refractivity contribution is 5.73. The van der Waals surface area contributed by atoms with Gasteiger partial charge in [0.1, 0.15) is 24.4 Å². The smallest absolute Gasteiger partial charge is 0.217 e. The summed E-state index contributed by atoms with van der Waals surface area (Å²) in [6, 6.07) is 8.78. The van der Waals surface area contributed by atoms with E-state index in [2.05, 4.69) is 5.32 Å². The first-order valence-corrected chi connectivity index (χ1v) is 7.55. The Morgan fingerprint density at radius 2 is 2.04 bits per heavy atom. The van der Waals surface area contributed by atoms with Crippen LogP contribution >= 0.6 is 0 Å². The van der Waals surface area contributed by atoms with Crippen LogP contribution < -0.4 is 5.32 Å². The summed E-state index contributed by atoms with van der Waals surface area (Å²) in [7, 11) is 1.46. The van der Waals surface area contributed by atoms with Gasteiger partial charge in [0, 0.05) is 19.6 Å². The number of rotatable bonds is 3. The maximum Gasteiger partial charge on any atom is 0.217 e. The molecule has 126 valence electrons. The molecule has 0 bridgehead atoms. The monoisotopic (exact) mass is 323 g/mol. The summed E-state index contributed by atoms with van der Waals surface area (Å²) in [5.41, 5.74) is 0.864. The predicted molar refractivity (Wildman–Crippen MR) is 79.3 cm³/mol. The van der Waals surface area contributed by atoms with Gasteiger partial charge >= 0.3 is 0 Å². The van der Waals surface area contributed by atoms with E-state index in [0.717, 1.165) is 5.56 Å². The molecule has 2 fully saturated rings. The van der Waals surface area contributed by atoms with E-state index >= 15 is 0 Å². The number of carbonyl (C=O) groups excluding carboxylic acids is 1. The van der Waals surface area contributed by atoms with Crippen LogP contribution in [0, 0.1) is 0 Å². The molecule has 0 saturated carbocycles. The minimum atomic E-state index is -0.960. The summed E-state index contributed by atoms with van der Waals surface area (Å²) in [5, 5.41) is 13.3. The molecule has 2 heterocycles. The molecule has 2 aliphatic rings. The van der Waals surface area contributed by atoms with Crippen molar-refractivity contribution in [1.29, 1.82) is 0 Å². The molecule has 6 atom stereocenters. The molecule has 2 aliphatic heterocycles. The van der Waals surface area contributed by atoms with E-state index in [1.165, 1.54) is 14.0 Å². The number of nitrogens with one attached hydrogen (secondary N) is 1. The van der Waals surface area contributed by atoms with E-state index in [4.69, 9.17) is 18.9 Å². The van der Waals surface area contributed by atoms with Gasteiger partial charge < -0.3 is 29.4 Å². The minimum Gasteiger partial charge on any atom is -0.388 e. The Morgan fingerprint density at radius 1 is 1.30 bits per heavy atom. The molecule has 2 saturated heterocycles. The Kier molecular flexibility index (Phi) is 4.93. The number of fused-ring (bicyclic) bond motifs is 1. The molecular weight excluding hydrogens is 302 g/mol. The van der Waals surface area contributed by atoms with Crippen LogP contribution in [-0.4, -0.2) is 55.4 Å². The molecule has 4 unspecified atom stereocenters. The van der Waals surface area contributed by atoms with Crippen molar-refractivity contribution in [3.63, 3.8) is 0 Å². The van der Waals surface area contributed by atoms with Gasteiger partial charge in [-0.2, -0.15) is 0 Å². The van der Waals surface area contributed by atoms with Crippen molar-refractivity contribution in [2.45, 2.75) is 43.9 Å². The average Bonchev–Trinajstić information content (AvgIpc) is 2.57. The molecule has 3 rings (SSSR count). The Morgan fingerprint density at radius 3 is 2.70 bits per heavy atom. The lowest BCUT2D eigenvalue weighted by molar-refractivity contribution is -0.341. The van der Waals surface area contributed by atoms with E-state index < -0.39 is 36.9 Å². The maximum atomic E-state index is 11.4. The second-order valence-corrected chi connectivity index (χ2v) is 5.67. The summed E-state index contributed by atoms with van der Waals surface area (Å²) in [4.78, 5) is 11.4. The van der Waals surface area contributed by atoms with Crippen LogP contribution in [0.25, 0.3) is 0 Å². The van der Waals surface area contributed by atoms with Crippen molar-refractivity contribution in [1.82, 2.24) is 5.32 Å². The van der Waals surface area contributed by atoms with Gasteiger partial charge in [-0.15, -0.1) is 0 Å². The Labute approximate surface area is 134 Å². The van der Waals surface area contributed by atoms with Crippen LogP contribution in [0.3, 0.4) is 0 Å². The zero-order chi connectivity index (χ0) is 16.4. The van der Waals surface area contributed by atoms with Crippen LogP contribution in [0.15, 0.2) is 30.3 Å². The van der Waals surface area contributed by atoms with E-state index in [1.54, 1.807) is 0 Å². The number of hydrogen-bond acceptors (Lipinski definition) is 6. The van der Waals surface area contributed by atoms with Crippen molar-refractivity contribution in [3.8, 4) is 0 Å². The van der Waals surface area contributed by atoms with Gasteiger partial charge in [0.2, 0.25) is 5.91 Å². The normalized spacial score (nSPS) is 37.0. The fraction of sp³-hybridized carbons (Fsp3) is 0.562. The fourth-order valence-corrected chi connectivity index (χ4v) is 2.96. The molecular formula is C16H21NO6. The molecule has 0 spiro atoms. The highest BCUT2D eigenvalue weighted by Gasteiger charge is 2.49. The minimum absolute atomic E-state index is 0.272. The lowest BCUT2D eigenvalue weighted by Gasteiger charge is -2.47. The van der Waals surface area contributed by atoms with E-state index in [9.17, 15) is 9.90 Å². The lowest BCUT2D eigenvalue weighted by Crippen LogP contribution is -2.66. The van der Waals surface area contributed by atoms with Gasteiger partial charge in [0.25, 0.3) is 0 Å². The van der Waals surface area contributed by atoms with Crippen LogP contribution in [0.2, 0.25) is 0 Å². The van der Waals surface area contributed by atoms with E-state index in [1.807, 2.05) is 30.3 Å². The zero-order valence-corrected chi connectivity index (χ0v) is 13.0. The topological polar surface area (TPSA) is 86.2 Å². The quantitative estimate of drug-likeness (QED) is 0.834. The fourth-order valence-electron chi connectivity index (χ4n) is 2.96. The summed E-state index contributed by atoms with van der Waals surface area (Å²) < 4.78 is 22.6. The number of methoxy groups -OCH3 is 1. The van der Waals surface area contributed by atoms with Crippen molar-refractivity contribution in [2.24, 2.45) is 0 Å². The summed E-state index contributed by atoms with van der Waals surface area (Å²) in [6.45, 7) is 1.65. The Bertz CT molecular complexity index is 539. The standard InChI is InChI=1S/C16H21NO6/c1-9(18)17-12-13(19)14-11(22-16(12)20-2)8-21-15(23-14)10-6-4-3-5-7-10/h3-7,11-16,19H,8H2,1-2H3,(H,17,18)/t11?,12-,13?,14+,15?,16?/m0/s1. The predicted octanol–water partition coefficient (Wildman–Crippen LogP) is 0.337. The third-order valence-corrected chi connectivity index (χ3v) is 4.04. The number of benzene rings is 1. The molecule has 1 aromatic carbocycles. The molecule has 0 aliphatic carbocycles.